The third-order valence-electron chi connectivity index (χ3n) is 6.32. The van der Waals surface area contributed by atoms with Gasteiger partial charge in [-0.2, -0.15) is 0 Å². The summed E-state index contributed by atoms with van der Waals surface area (Å²) in [6.07, 6.45) is 8.15. The van der Waals surface area contributed by atoms with E-state index in [2.05, 4.69) is 6.07 Å². The molecule has 32 heavy (non-hydrogen) atoms. The van der Waals surface area contributed by atoms with Crippen molar-refractivity contribution in [1.82, 2.24) is 0 Å². The Morgan fingerprint density at radius 1 is 1.19 bits per heavy atom. The molecule has 0 heterocycles. The first kappa shape index (κ1) is 26.3. The zero-order valence-electron chi connectivity index (χ0n) is 19.9. The number of carboxylic acid groups (broad SMARTS) is 1. The van der Waals surface area contributed by atoms with Crippen molar-refractivity contribution in [2.75, 3.05) is 0 Å². The number of carbonyl (C=O) groups is 2. The maximum Gasteiger partial charge on any atom is 0.303 e. The molecule has 0 aliphatic heterocycles. The number of aliphatic hydroxyl groups excluding tert-OH is 1. The van der Waals surface area contributed by atoms with Crippen LogP contribution in [-0.4, -0.2) is 34.2 Å². The summed E-state index contributed by atoms with van der Waals surface area (Å²) in [6.45, 7) is 6.64. The van der Waals surface area contributed by atoms with E-state index < -0.39 is 12.1 Å². The van der Waals surface area contributed by atoms with Crippen molar-refractivity contribution < 1.29 is 24.5 Å². The summed E-state index contributed by atoms with van der Waals surface area (Å²) in [7, 11) is 0. The van der Waals surface area contributed by atoms with Gasteiger partial charge in [-0.1, -0.05) is 55.2 Å². The fourth-order valence-corrected chi connectivity index (χ4v) is 4.65. The molecule has 2 rings (SSSR count). The maximum atomic E-state index is 12.4. The fraction of sp³-hybridized carbons (Fsp3) is 0.630. The molecule has 5 nitrogen and oxygen atoms in total. The van der Waals surface area contributed by atoms with Crippen LogP contribution < -0.4 is 0 Å². The van der Waals surface area contributed by atoms with Crippen molar-refractivity contribution in [1.29, 1.82) is 0 Å². The first-order chi connectivity index (χ1) is 15.3. The second-order valence-corrected chi connectivity index (χ2v) is 9.43. The largest absolute Gasteiger partial charge is 0.481 e. The lowest BCUT2D eigenvalue weighted by atomic mass is 9.84. The molecule has 1 aromatic carbocycles. The highest BCUT2D eigenvalue weighted by Crippen LogP contribution is 2.37. The Hall–Kier alpha value is -1.98. The van der Waals surface area contributed by atoms with Crippen LogP contribution in [0, 0.1) is 11.8 Å². The summed E-state index contributed by atoms with van der Waals surface area (Å²) in [5.41, 5.74) is 3.29. The van der Waals surface area contributed by atoms with Crippen LogP contribution in [0.25, 0.3) is 0 Å². The molecule has 2 N–H and O–H groups in total. The Bertz CT molecular complexity index is 767. The van der Waals surface area contributed by atoms with Crippen molar-refractivity contribution in [2.45, 2.75) is 97.4 Å². The molecule has 178 valence electrons. The van der Waals surface area contributed by atoms with Gasteiger partial charge in [-0.15, -0.1) is 0 Å². The van der Waals surface area contributed by atoms with E-state index in [1.165, 1.54) is 0 Å². The van der Waals surface area contributed by atoms with E-state index in [1.54, 1.807) is 0 Å². The van der Waals surface area contributed by atoms with Crippen molar-refractivity contribution in [3.8, 4) is 0 Å². The highest BCUT2D eigenvalue weighted by molar-refractivity contribution is 5.83. The Morgan fingerprint density at radius 2 is 1.91 bits per heavy atom. The molecule has 1 saturated carbocycles. The van der Waals surface area contributed by atoms with E-state index in [0.717, 1.165) is 48.8 Å². The molecule has 0 spiro atoms. The van der Waals surface area contributed by atoms with Crippen molar-refractivity contribution >= 4 is 11.8 Å². The minimum atomic E-state index is -0.744. The van der Waals surface area contributed by atoms with Gasteiger partial charge in [0.25, 0.3) is 0 Å². The predicted octanol–water partition coefficient (Wildman–Crippen LogP) is 5.48. The van der Waals surface area contributed by atoms with Crippen LogP contribution >= 0.6 is 0 Å². The van der Waals surface area contributed by atoms with Crippen LogP contribution in [0.3, 0.4) is 0 Å². The highest BCUT2D eigenvalue weighted by Gasteiger charge is 2.34. The molecular weight excluding hydrogens is 404 g/mol. The van der Waals surface area contributed by atoms with Gasteiger partial charge in [0.15, 0.2) is 0 Å². The molecular formula is C27H40O5. The van der Waals surface area contributed by atoms with Crippen LogP contribution in [-0.2, 0) is 27.4 Å². The van der Waals surface area contributed by atoms with Crippen LogP contribution in [0.15, 0.2) is 35.9 Å². The quantitative estimate of drug-likeness (QED) is 0.293. The number of ether oxygens (including phenoxy) is 1. The first-order valence-electron chi connectivity index (χ1n) is 12.1. The van der Waals surface area contributed by atoms with Crippen LogP contribution in [0.5, 0.6) is 0 Å². The van der Waals surface area contributed by atoms with E-state index >= 15 is 0 Å². The number of rotatable bonds is 14. The number of carbonyl (C=O) groups excluding carboxylic acids is 1. The summed E-state index contributed by atoms with van der Waals surface area (Å²) in [6, 6.07) is 8.15. The average molecular weight is 445 g/mol. The van der Waals surface area contributed by atoms with Gasteiger partial charge in [0, 0.05) is 25.2 Å². The third kappa shape index (κ3) is 9.25. The van der Waals surface area contributed by atoms with Crippen molar-refractivity contribution in [2.24, 2.45) is 11.8 Å². The molecule has 0 saturated heterocycles. The Balaban J connectivity index is 1.87. The summed E-state index contributed by atoms with van der Waals surface area (Å²) >= 11 is 0. The number of aliphatic hydroxyl groups is 1. The first-order valence-corrected chi connectivity index (χ1v) is 12.1. The minimum Gasteiger partial charge on any atom is -0.481 e. The van der Waals surface area contributed by atoms with E-state index in [9.17, 15) is 14.7 Å². The number of allylic oxidation sites excluding steroid dienone is 1. The second kappa shape index (κ2) is 13.5. The molecule has 1 aliphatic carbocycles. The molecule has 2 unspecified atom stereocenters. The molecule has 5 heteroatoms. The number of hydrogen-bond donors (Lipinski definition) is 2. The SMILES string of the molecule is C/C(=C\C(O)Cc1cccc(COC(C)C)c1)C1CCC(=O)[C@@H]1CCCCCCC(=O)O. The maximum absolute atomic E-state index is 12.4. The molecule has 1 aromatic rings. The zero-order valence-corrected chi connectivity index (χ0v) is 19.9. The number of hydrogen-bond acceptors (Lipinski definition) is 4. The topological polar surface area (TPSA) is 83.8 Å². The van der Waals surface area contributed by atoms with E-state index in [4.69, 9.17) is 9.84 Å². The van der Waals surface area contributed by atoms with Crippen molar-refractivity contribution in [3.63, 3.8) is 0 Å². The van der Waals surface area contributed by atoms with Gasteiger partial charge >= 0.3 is 5.97 Å². The van der Waals surface area contributed by atoms with Gasteiger partial charge in [0.05, 0.1) is 18.8 Å². The number of Topliss-reactive ketones (excluding diaryl/α,β-unsaturated/α-hetero) is 1. The van der Waals surface area contributed by atoms with Gasteiger partial charge < -0.3 is 14.9 Å². The highest BCUT2D eigenvalue weighted by atomic mass is 16.5. The predicted molar refractivity (Wildman–Crippen MR) is 126 cm³/mol. The lowest BCUT2D eigenvalue weighted by molar-refractivity contribution is -0.137. The van der Waals surface area contributed by atoms with Crippen molar-refractivity contribution in [3.05, 3.63) is 47.0 Å². The van der Waals surface area contributed by atoms with Crippen LogP contribution in [0.2, 0.25) is 0 Å². The number of aliphatic carboxylic acids is 1. The summed E-state index contributed by atoms with van der Waals surface area (Å²) in [5.74, 6) is -0.164. The van der Waals surface area contributed by atoms with Gasteiger partial charge in [-0.05, 0) is 57.1 Å². The molecule has 0 radical (unpaired) electrons. The number of carboxylic acids is 1. The molecule has 0 bridgehead atoms. The van der Waals surface area contributed by atoms with Gasteiger partial charge in [0.2, 0.25) is 0 Å². The van der Waals surface area contributed by atoms with Crippen LogP contribution in [0.4, 0.5) is 0 Å². The fourth-order valence-electron chi connectivity index (χ4n) is 4.65. The average Bonchev–Trinajstić information content (AvgIpc) is 3.09. The van der Waals surface area contributed by atoms with E-state index in [-0.39, 0.29) is 24.4 Å². The Kier molecular flexibility index (Phi) is 11.1. The minimum absolute atomic E-state index is 0.0365. The molecule has 1 aliphatic rings. The van der Waals surface area contributed by atoms with E-state index in [0.29, 0.717) is 31.7 Å². The van der Waals surface area contributed by atoms with Crippen LogP contribution in [0.1, 0.15) is 83.3 Å². The number of ketones is 1. The zero-order chi connectivity index (χ0) is 23.5. The molecule has 3 atom stereocenters. The Morgan fingerprint density at radius 3 is 2.62 bits per heavy atom. The van der Waals surface area contributed by atoms with Gasteiger partial charge in [-0.25, -0.2) is 0 Å². The molecule has 0 amide bonds. The molecule has 0 aromatic heterocycles. The van der Waals surface area contributed by atoms with Gasteiger partial charge in [0.1, 0.15) is 5.78 Å². The number of unbranched alkanes of at least 4 members (excludes halogenated alkanes) is 3. The monoisotopic (exact) mass is 444 g/mol. The lowest BCUT2D eigenvalue weighted by Gasteiger charge is -2.20. The summed E-state index contributed by atoms with van der Waals surface area (Å²) in [4.78, 5) is 23.0. The smallest absolute Gasteiger partial charge is 0.303 e. The molecule has 1 fully saturated rings. The number of benzene rings is 1. The van der Waals surface area contributed by atoms with Gasteiger partial charge in [-0.3, -0.25) is 9.59 Å². The Labute approximate surface area is 192 Å². The summed E-state index contributed by atoms with van der Waals surface area (Å²) < 4.78 is 5.67. The van der Waals surface area contributed by atoms with E-state index in [1.807, 2.05) is 45.0 Å². The summed E-state index contributed by atoms with van der Waals surface area (Å²) in [5, 5.41) is 19.4. The third-order valence-corrected chi connectivity index (χ3v) is 6.32. The second-order valence-electron chi connectivity index (χ2n) is 9.43. The standard InChI is InChI=1S/C27H40O5/c1-19(2)32-18-22-10-8-9-21(16-22)17-23(28)15-20(3)24-13-14-26(29)25(24)11-6-4-5-7-12-27(30)31/h8-10,15-16,19,23-25,28H,4-7,11-14,17-18H2,1-3H3,(H,30,31)/b20-15+/t23?,24?,25-/m1/s1. The lowest BCUT2D eigenvalue weighted by Crippen LogP contribution is -2.17. The normalized spacial score (nSPS) is 20.2.